The highest BCUT2D eigenvalue weighted by Crippen LogP contribution is 2.34. The summed E-state index contributed by atoms with van der Waals surface area (Å²) >= 11 is 0.859. The van der Waals surface area contributed by atoms with Gasteiger partial charge < -0.3 is 29.2 Å². The highest BCUT2D eigenvalue weighted by Gasteiger charge is 2.38. The van der Waals surface area contributed by atoms with Gasteiger partial charge in [-0.2, -0.15) is 0 Å². The quantitative estimate of drug-likeness (QED) is 0.184. The van der Waals surface area contributed by atoms with Gasteiger partial charge in [-0.3, -0.25) is 9.36 Å². The lowest BCUT2D eigenvalue weighted by Gasteiger charge is -2.28. The summed E-state index contributed by atoms with van der Waals surface area (Å²) in [6, 6.07) is 3.69. The Kier molecular flexibility index (Phi) is 11.7. The van der Waals surface area contributed by atoms with Gasteiger partial charge in [0.25, 0.3) is 5.56 Å². The van der Waals surface area contributed by atoms with E-state index in [9.17, 15) is 33.8 Å². The summed E-state index contributed by atoms with van der Waals surface area (Å²) in [6.07, 6.45) is 0.151. The minimum absolute atomic E-state index is 0.00407. The molecule has 0 spiro atoms. The molecule has 1 aromatic carbocycles. The number of carbonyl (C=O) groups is 2. The summed E-state index contributed by atoms with van der Waals surface area (Å²) in [5, 5.41) is 20.1. The molecule has 2 aromatic heterocycles. The number of aliphatic hydroxyl groups is 2. The number of hydrogen-bond acceptors (Lipinski definition) is 11. The number of aliphatic hydroxyl groups excluding tert-OH is 1. The SMILES string of the molecule is CCCCOC(=O)C(C)(C)n1c(=O)c2c(C)c(C(=O)OCC)sc2n(C[C@H](OCC(C)(O)CO)c2cc(F)ccc2OC)c1=O. The number of benzene rings is 1. The number of fused-ring (bicyclic) bond motifs is 1. The first-order valence-electron chi connectivity index (χ1n) is 14.6. The van der Waals surface area contributed by atoms with Crippen LogP contribution in [0.15, 0.2) is 27.8 Å². The molecule has 0 aliphatic heterocycles. The summed E-state index contributed by atoms with van der Waals surface area (Å²) in [6.45, 7) is 7.89. The second-order valence-electron chi connectivity index (χ2n) is 11.4. The summed E-state index contributed by atoms with van der Waals surface area (Å²) < 4.78 is 38.5. The molecule has 2 atom stereocenters. The molecule has 0 aliphatic carbocycles. The minimum Gasteiger partial charge on any atom is -0.496 e. The number of nitrogens with zero attached hydrogens (tertiary/aromatic N) is 2. The molecule has 248 valence electrons. The van der Waals surface area contributed by atoms with Crippen LogP contribution in [0, 0.1) is 12.7 Å². The number of hydrogen-bond donors (Lipinski definition) is 2. The summed E-state index contributed by atoms with van der Waals surface area (Å²) in [5.41, 5.74) is -4.78. The van der Waals surface area contributed by atoms with E-state index in [0.717, 1.165) is 28.4 Å². The maximum absolute atomic E-state index is 14.5. The number of halogens is 1. The van der Waals surface area contributed by atoms with Gasteiger partial charge in [0.15, 0.2) is 0 Å². The van der Waals surface area contributed by atoms with Gasteiger partial charge in [-0.15, -0.1) is 11.3 Å². The largest absolute Gasteiger partial charge is 0.496 e. The highest BCUT2D eigenvalue weighted by atomic mass is 32.1. The normalized spacial score (nSPS) is 13.8. The molecular formula is C31H41FN2O10S. The molecule has 0 radical (unpaired) electrons. The number of methoxy groups -OCH3 is 1. The first kappa shape index (κ1) is 35.9. The van der Waals surface area contributed by atoms with Crippen molar-refractivity contribution in [2.24, 2.45) is 0 Å². The van der Waals surface area contributed by atoms with Crippen LogP contribution in [0.4, 0.5) is 4.39 Å². The Hall–Kier alpha value is -3.59. The molecular weight excluding hydrogens is 611 g/mol. The van der Waals surface area contributed by atoms with Crippen LogP contribution in [-0.2, 0) is 31.1 Å². The summed E-state index contributed by atoms with van der Waals surface area (Å²) in [5.74, 6) is -1.93. The van der Waals surface area contributed by atoms with Crippen molar-refractivity contribution in [1.29, 1.82) is 0 Å². The van der Waals surface area contributed by atoms with Crippen molar-refractivity contribution >= 4 is 33.5 Å². The van der Waals surface area contributed by atoms with Gasteiger partial charge in [0.2, 0.25) is 0 Å². The van der Waals surface area contributed by atoms with E-state index < -0.39 is 59.5 Å². The Morgan fingerprint density at radius 1 is 1.13 bits per heavy atom. The van der Waals surface area contributed by atoms with Crippen LogP contribution in [0.2, 0.25) is 0 Å². The molecule has 0 amide bonds. The Morgan fingerprint density at radius 2 is 1.82 bits per heavy atom. The lowest BCUT2D eigenvalue weighted by Crippen LogP contribution is -2.53. The molecule has 3 aromatic rings. The zero-order valence-corrected chi connectivity index (χ0v) is 27.4. The first-order valence-corrected chi connectivity index (χ1v) is 15.4. The van der Waals surface area contributed by atoms with E-state index in [2.05, 4.69) is 0 Å². The van der Waals surface area contributed by atoms with Crippen molar-refractivity contribution in [2.75, 3.05) is 33.5 Å². The minimum atomic E-state index is -1.77. The van der Waals surface area contributed by atoms with Gasteiger partial charge in [-0.1, -0.05) is 13.3 Å². The lowest BCUT2D eigenvalue weighted by molar-refractivity contribution is -0.153. The highest BCUT2D eigenvalue weighted by molar-refractivity contribution is 7.20. The van der Waals surface area contributed by atoms with E-state index >= 15 is 0 Å². The zero-order chi connectivity index (χ0) is 33.7. The van der Waals surface area contributed by atoms with E-state index in [1.54, 1.807) is 13.8 Å². The molecule has 12 nitrogen and oxygen atoms in total. The Labute approximate surface area is 263 Å². The van der Waals surface area contributed by atoms with Crippen molar-refractivity contribution in [3.05, 3.63) is 60.9 Å². The molecule has 0 saturated carbocycles. The number of aryl methyl sites for hydroxylation is 1. The molecule has 45 heavy (non-hydrogen) atoms. The molecule has 0 aliphatic rings. The molecule has 1 unspecified atom stereocenters. The number of ether oxygens (including phenoxy) is 4. The van der Waals surface area contributed by atoms with Gasteiger partial charge in [-0.05, 0) is 64.8 Å². The van der Waals surface area contributed by atoms with Crippen LogP contribution in [0.1, 0.15) is 74.4 Å². The van der Waals surface area contributed by atoms with Crippen LogP contribution in [-0.4, -0.2) is 70.4 Å². The molecule has 0 saturated heterocycles. The van der Waals surface area contributed by atoms with Crippen molar-refractivity contribution < 1.29 is 43.1 Å². The molecule has 3 rings (SSSR count). The van der Waals surface area contributed by atoms with Crippen molar-refractivity contribution in [3.8, 4) is 5.75 Å². The van der Waals surface area contributed by atoms with Crippen LogP contribution in [0.25, 0.3) is 10.2 Å². The standard InChI is InChI=1S/C31H41FN2O10S/c1-8-10-13-43-28(38)30(4,5)34-25(36)23-18(3)24(27(37)42-9-2)45-26(23)33(29(34)39)15-22(44-17-31(6,40)16-35)20-14-19(32)11-12-21(20)41-7/h11-12,14,22,35,40H,8-10,13,15-17H2,1-7H3/t22-,31?/m0/s1. The van der Waals surface area contributed by atoms with E-state index in [4.69, 9.17) is 18.9 Å². The first-order chi connectivity index (χ1) is 21.1. The second-order valence-corrected chi connectivity index (χ2v) is 12.4. The fraction of sp³-hybridized carbons (Fsp3) is 0.548. The van der Waals surface area contributed by atoms with Crippen LogP contribution < -0.4 is 16.0 Å². The fourth-order valence-electron chi connectivity index (χ4n) is 4.66. The maximum atomic E-state index is 14.5. The van der Waals surface area contributed by atoms with E-state index in [0.29, 0.717) is 6.42 Å². The Balaban J connectivity index is 2.37. The van der Waals surface area contributed by atoms with E-state index in [-0.39, 0.29) is 51.7 Å². The molecule has 0 fully saturated rings. The van der Waals surface area contributed by atoms with Gasteiger partial charge in [0, 0.05) is 5.56 Å². The van der Waals surface area contributed by atoms with E-state index in [1.165, 1.54) is 44.6 Å². The Bertz CT molecular complexity index is 1660. The number of unbranched alkanes of at least 4 members (excludes halogenated alkanes) is 1. The average molecular weight is 653 g/mol. The van der Waals surface area contributed by atoms with Crippen LogP contribution in [0.3, 0.4) is 0 Å². The maximum Gasteiger partial charge on any atom is 0.348 e. The van der Waals surface area contributed by atoms with Gasteiger partial charge in [-0.25, -0.2) is 23.3 Å². The predicted molar refractivity (Wildman–Crippen MR) is 166 cm³/mol. The smallest absolute Gasteiger partial charge is 0.348 e. The lowest BCUT2D eigenvalue weighted by atomic mass is 10.0. The average Bonchev–Trinajstić information content (AvgIpc) is 3.34. The van der Waals surface area contributed by atoms with Crippen molar-refractivity contribution in [2.45, 2.75) is 78.2 Å². The summed E-state index contributed by atoms with van der Waals surface area (Å²) in [4.78, 5) is 54.6. The molecule has 0 bridgehead atoms. The third-order valence-electron chi connectivity index (χ3n) is 7.29. The van der Waals surface area contributed by atoms with Crippen LogP contribution in [0.5, 0.6) is 5.75 Å². The molecule has 2 N–H and O–H groups in total. The van der Waals surface area contributed by atoms with Crippen molar-refractivity contribution in [1.82, 2.24) is 9.13 Å². The van der Waals surface area contributed by atoms with Gasteiger partial charge >= 0.3 is 17.6 Å². The summed E-state index contributed by atoms with van der Waals surface area (Å²) in [7, 11) is 1.36. The topological polar surface area (TPSA) is 156 Å². The molecule has 2 heterocycles. The number of esters is 2. The number of rotatable bonds is 15. The third-order valence-corrected chi connectivity index (χ3v) is 8.58. The number of thiophene rings is 1. The van der Waals surface area contributed by atoms with E-state index in [1.807, 2.05) is 6.92 Å². The van der Waals surface area contributed by atoms with Gasteiger partial charge in [0.05, 0.1) is 45.5 Å². The number of carbonyl (C=O) groups excluding carboxylic acids is 2. The fourth-order valence-corrected chi connectivity index (χ4v) is 5.85. The third kappa shape index (κ3) is 7.63. The van der Waals surface area contributed by atoms with Crippen molar-refractivity contribution in [3.63, 3.8) is 0 Å². The predicted octanol–water partition coefficient (Wildman–Crippen LogP) is 3.44. The second kappa shape index (κ2) is 14.7. The molecule has 14 heteroatoms. The zero-order valence-electron chi connectivity index (χ0n) is 26.6. The monoisotopic (exact) mass is 652 g/mol. The number of aromatic nitrogens is 2. The van der Waals surface area contributed by atoms with Gasteiger partial charge in [0.1, 0.15) is 38.5 Å². The Morgan fingerprint density at radius 3 is 2.42 bits per heavy atom. The van der Waals surface area contributed by atoms with Crippen LogP contribution >= 0.6 is 11.3 Å².